The largest absolute Gasteiger partial charge is 3.00 e. The molecule has 1 aliphatic rings. The molecule has 200 valence electrons. The van der Waals surface area contributed by atoms with E-state index in [1.807, 2.05) is 0 Å². The van der Waals surface area contributed by atoms with Crippen LogP contribution >= 0.6 is 15.8 Å². The van der Waals surface area contributed by atoms with E-state index in [1.54, 1.807) is 5.92 Å². The maximum absolute atomic E-state index is 7.75. The summed E-state index contributed by atoms with van der Waals surface area (Å²) in [5, 5.41) is 6.06. The Morgan fingerprint density at radius 1 is 0.564 bits per heavy atom. The van der Waals surface area contributed by atoms with Gasteiger partial charge in [-0.15, -0.1) is 0 Å². The van der Waals surface area contributed by atoms with Gasteiger partial charge in [0.15, 0.2) is 0 Å². The van der Waals surface area contributed by atoms with Gasteiger partial charge in [-0.3, -0.25) is 6.79 Å². The molecule has 0 unspecified atom stereocenters. The third-order valence-electron chi connectivity index (χ3n) is 6.57. The van der Waals surface area contributed by atoms with Gasteiger partial charge in [0.25, 0.3) is 0 Å². The minimum atomic E-state index is -0.783. The average Bonchev–Trinajstić information content (AvgIpc) is 3.50. The molecule has 2 radical (unpaired) electrons. The van der Waals surface area contributed by atoms with Gasteiger partial charge >= 0.3 is 21.1 Å². The van der Waals surface area contributed by atoms with Gasteiger partial charge in [-0.1, -0.05) is 85.6 Å². The summed E-state index contributed by atoms with van der Waals surface area (Å²) in [7, 11) is -1.57. The minimum absolute atomic E-state index is 0. The Labute approximate surface area is 252 Å². The molecule has 4 aromatic carbocycles. The van der Waals surface area contributed by atoms with E-state index < -0.39 is 15.8 Å². The summed E-state index contributed by atoms with van der Waals surface area (Å²) in [6.07, 6.45) is 8.23. The second kappa shape index (κ2) is 21.6. The van der Waals surface area contributed by atoms with E-state index in [1.165, 1.54) is 59.2 Å². The van der Waals surface area contributed by atoms with Crippen LogP contribution in [0.5, 0.6) is 0 Å². The predicted molar refractivity (Wildman–Crippen MR) is 170 cm³/mol. The first kappa shape index (κ1) is 34.8. The summed E-state index contributed by atoms with van der Waals surface area (Å²) in [4.78, 5) is 15.2. The van der Waals surface area contributed by atoms with Crippen LogP contribution in [0.4, 0.5) is 0 Å². The van der Waals surface area contributed by atoms with E-state index in [0.29, 0.717) is 0 Å². The van der Waals surface area contributed by atoms with Gasteiger partial charge in [0.05, 0.1) is 37.1 Å². The number of benzene rings is 4. The maximum atomic E-state index is 7.75. The Morgan fingerprint density at radius 3 is 0.974 bits per heavy atom. The molecule has 0 bridgehead atoms. The van der Waals surface area contributed by atoms with Gasteiger partial charge in [0.1, 0.15) is 12.3 Å². The van der Waals surface area contributed by atoms with Crippen LogP contribution in [0.25, 0.3) is 0 Å². The maximum Gasteiger partial charge on any atom is 3.00 e. The van der Waals surface area contributed by atoms with Gasteiger partial charge in [-0.25, -0.2) is 0 Å². The predicted octanol–water partition coefficient (Wildman–Crippen LogP) is 6.20. The average molecular weight is 637 g/mol. The Bertz CT molecular complexity index is 945. The molecule has 0 heterocycles. The summed E-state index contributed by atoms with van der Waals surface area (Å²) in [6.45, 7) is 10.0. The summed E-state index contributed by atoms with van der Waals surface area (Å²) in [6, 6.07) is 44.5. The number of hydrogen-bond donors (Lipinski definition) is 0. The molecule has 0 atom stereocenters. The van der Waals surface area contributed by atoms with E-state index >= 15 is 0 Å². The Hall–Kier alpha value is -2.23. The van der Waals surface area contributed by atoms with E-state index in [9.17, 15) is 0 Å². The zero-order valence-electron chi connectivity index (χ0n) is 22.6. The topological polar surface area (TPSA) is 34.1 Å². The third-order valence-corrected chi connectivity index (χ3v) is 12.7. The molecule has 0 aliphatic heterocycles. The van der Waals surface area contributed by atoms with Crippen molar-refractivity contribution in [3.8, 4) is 0 Å². The molecule has 0 saturated heterocycles. The van der Waals surface area contributed by atoms with Crippen LogP contribution in [0, 0.1) is 5.92 Å². The quantitative estimate of drug-likeness (QED) is 0.105. The molecular formula is C34H38MoO2P2+2. The third kappa shape index (κ3) is 12.2. The van der Waals surface area contributed by atoms with Crippen LogP contribution in [0.1, 0.15) is 32.6 Å². The van der Waals surface area contributed by atoms with Crippen molar-refractivity contribution in [2.75, 3.05) is 12.3 Å². The first-order valence-electron chi connectivity index (χ1n) is 13.0. The molecule has 2 nitrogen and oxygen atoms in total. The molecule has 0 amide bonds. The van der Waals surface area contributed by atoms with Crippen molar-refractivity contribution < 1.29 is 30.7 Å². The van der Waals surface area contributed by atoms with Gasteiger partial charge < -0.3 is 22.3 Å². The standard InChI is InChI=1S/C26H24P2.C6H11.CHO.CO.Mo/c1-5-13-23(14-6-1)27(24-15-7-2-8-16-24)21-22-28(25-17-9-3-10-18-25)26-19-11-4-12-20-26;1-6-4-2-3-5-6;2*1-2;/h1-20H,21-22H2;2-5H2,1H3;1H;;/q;3*-1;+3/p+2. The second-order valence-corrected chi connectivity index (χ2v) is 14.3. The van der Waals surface area contributed by atoms with Gasteiger partial charge in [0, 0.05) is 0 Å². The van der Waals surface area contributed by atoms with Crippen molar-refractivity contribution in [2.45, 2.75) is 32.6 Å². The first-order valence-corrected chi connectivity index (χ1v) is 16.4. The fourth-order valence-electron chi connectivity index (χ4n) is 4.70. The van der Waals surface area contributed by atoms with Gasteiger partial charge in [0.2, 0.25) is 0 Å². The molecule has 0 aromatic heterocycles. The van der Waals surface area contributed by atoms with Crippen molar-refractivity contribution >= 4 is 50.6 Å². The molecule has 39 heavy (non-hydrogen) atoms. The number of carbonyl (C=O) groups excluding carboxylic acids is 2. The second-order valence-electron chi connectivity index (χ2n) is 9.09. The molecular weight excluding hydrogens is 598 g/mol. The first-order chi connectivity index (χ1) is 18.8. The molecule has 5 heteroatoms. The van der Waals surface area contributed by atoms with Crippen LogP contribution in [0.3, 0.4) is 0 Å². The number of hydrogen-bond acceptors (Lipinski definition) is 2. The minimum Gasteiger partial charge on any atom is -0.573 e. The van der Waals surface area contributed by atoms with Crippen LogP contribution < -0.4 is 21.2 Å². The molecule has 4 aromatic rings. The zero-order chi connectivity index (χ0) is 27.4. The van der Waals surface area contributed by atoms with Crippen molar-refractivity contribution in [1.82, 2.24) is 0 Å². The van der Waals surface area contributed by atoms with Crippen molar-refractivity contribution in [2.24, 2.45) is 0 Å². The summed E-state index contributed by atoms with van der Waals surface area (Å²) < 4.78 is 0. The Balaban J connectivity index is 0.000000596. The Kier molecular flexibility index (Phi) is 19.2. The van der Waals surface area contributed by atoms with E-state index in [0.717, 1.165) is 0 Å². The fraction of sp³-hybridized carbons (Fsp3) is 0.206. The summed E-state index contributed by atoms with van der Waals surface area (Å²) in [5.41, 5.74) is 0. The molecule has 1 fully saturated rings. The smallest absolute Gasteiger partial charge is 0.573 e. The van der Waals surface area contributed by atoms with Crippen LogP contribution in [-0.4, -0.2) is 25.9 Å². The summed E-state index contributed by atoms with van der Waals surface area (Å²) >= 11 is 0. The zero-order valence-corrected chi connectivity index (χ0v) is 26.6. The Morgan fingerprint density at radius 2 is 0.795 bits per heavy atom. The normalized spacial score (nSPS) is 12.1. The number of rotatable bonds is 7. The van der Waals surface area contributed by atoms with Crippen LogP contribution in [-0.2, 0) is 30.7 Å². The van der Waals surface area contributed by atoms with E-state index in [-0.39, 0.29) is 21.1 Å². The summed E-state index contributed by atoms with van der Waals surface area (Å²) in [5.74, 6) is 1.70. The van der Waals surface area contributed by atoms with E-state index in [2.05, 4.69) is 142 Å². The van der Waals surface area contributed by atoms with Crippen molar-refractivity contribution in [3.05, 3.63) is 127 Å². The van der Waals surface area contributed by atoms with Crippen LogP contribution in [0.2, 0.25) is 0 Å². The van der Waals surface area contributed by atoms with E-state index in [4.69, 9.17) is 9.59 Å². The SMILES string of the molecule is C[C-]1CCCC1.[C-]=O.[CH-]=O.[Mo+3].c1ccc([PH+](CC[PH+](c2ccccc2)c2ccccc2)c2ccccc2)cc1. The van der Waals surface area contributed by atoms with Crippen molar-refractivity contribution in [1.29, 1.82) is 0 Å². The fourth-order valence-corrected chi connectivity index (χ4v) is 10.9. The van der Waals surface area contributed by atoms with Crippen molar-refractivity contribution in [3.63, 3.8) is 0 Å². The van der Waals surface area contributed by atoms with Crippen LogP contribution in [0.15, 0.2) is 121 Å². The molecule has 5 rings (SSSR count). The monoisotopic (exact) mass is 638 g/mol. The van der Waals surface area contributed by atoms with Gasteiger partial charge in [-0.05, 0) is 48.5 Å². The molecule has 0 N–H and O–H groups in total. The van der Waals surface area contributed by atoms with Gasteiger partial charge in [-0.2, -0.15) is 19.8 Å². The molecule has 1 saturated carbocycles. The molecule has 1 aliphatic carbocycles. The molecule has 0 spiro atoms.